The van der Waals surface area contributed by atoms with E-state index in [1.54, 1.807) is 0 Å². The summed E-state index contributed by atoms with van der Waals surface area (Å²) in [7, 11) is 0. The molecule has 2 nitrogen and oxygen atoms in total. The summed E-state index contributed by atoms with van der Waals surface area (Å²) in [6.45, 7) is 6.89. The number of hydrogen-bond donors (Lipinski definition) is 0. The Morgan fingerprint density at radius 2 is 2.00 bits per heavy atom. The number of hydrogen-bond acceptors (Lipinski definition) is 2. The van der Waals surface area contributed by atoms with E-state index in [2.05, 4.69) is 37.9 Å². The van der Waals surface area contributed by atoms with Crippen molar-refractivity contribution in [3.63, 3.8) is 0 Å². The molecule has 18 heavy (non-hydrogen) atoms. The molecular weight excluding hydrogens is 221 g/mol. The maximum Gasteiger partial charge on any atom is 0.360 e. The number of fused-ring (bicyclic) bond motifs is 1. The standard InChI is InChI=1S/C15H20BNO/c1-4-12(3)16(5-2)18-14-10-6-8-13-9-7-11-17-15(13)14/h6-12H,4-5H2,1-3H3. The highest BCUT2D eigenvalue weighted by Gasteiger charge is 2.23. The van der Waals surface area contributed by atoms with Crippen LogP contribution < -0.4 is 4.65 Å². The first-order valence-electron chi connectivity index (χ1n) is 6.76. The summed E-state index contributed by atoms with van der Waals surface area (Å²) in [5, 5.41) is 1.13. The highest BCUT2D eigenvalue weighted by Crippen LogP contribution is 2.27. The van der Waals surface area contributed by atoms with Crippen LogP contribution in [0.1, 0.15) is 27.2 Å². The van der Waals surface area contributed by atoms with E-state index < -0.39 is 0 Å². The Morgan fingerprint density at radius 3 is 2.72 bits per heavy atom. The van der Waals surface area contributed by atoms with Gasteiger partial charge in [0.25, 0.3) is 0 Å². The highest BCUT2D eigenvalue weighted by molar-refractivity contribution is 6.54. The molecule has 0 bridgehead atoms. The zero-order valence-electron chi connectivity index (χ0n) is 11.4. The minimum absolute atomic E-state index is 0.266. The van der Waals surface area contributed by atoms with Crippen LogP contribution >= 0.6 is 0 Å². The maximum absolute atomic E-state index is 6.17. The summed E-state index contributed by atoms with van der Waals surface area (Å²) in [6.07, 6.45) is 3.98. The summed E-state index contributed by atoms with van der Waals surface area (Å²) in [6, 6.07) is 10.1. The van der Waals surface area contributed by atoms with Gasteiger partial charge in [-0.15, -0.1) is 0 Å². The number of rotatable bonds is 5. The van der Waals surface area contributed by atoms with Crippen LogP contribution in [0.3, 0.4) is 0 Å². The molecule has 1 aromatic heterocycles. The predicted molar refractivity (Wildman–Crippen MR) is 78.3 cm³/mol. The summed E-state index contributed by atoms with van der Waals surface area (Å²) < 4.78 is 6.17. The van der Waals surface area contributed by atoms with Gasteiger partial charge in [-0.05, 0) is 24.3 Å². The predicted octanol–water partition coefficient (Wildman–Crippen LogP) is 4.43. The minimum atomic E-state index is 0.266. The van der Waals surface area contributed by atoms with E-state index in [4.69, 9.17) is 4.65 Å². The van der Waals surface area contributed by atoms with Crippen molar-refractivity contribution in [2.24, 2.45) is 0 Å². The number of benzene rings is 1. The van der Waals surface area contributed by atoms with Gasteiger partial charge < -0.3 is 4.65 Å². The Balaban J connectivity index is 2.30. The topological polar surface area (TPSA) is 22.1 Å². The Kier molecular flexibility index (Phi) is 4.24. The van der Waals surface area contributed by atoms with E-state index in [-0.39, 0.29) is 6.92 Å². The SMILES string of the molecule is CCB(Oc1cccc2cccnc12)C(C)CC. The van der Waals surface area contributed by atoms with Crippen molar-refractivity contribution in [2.75, 3.05) is 0 Å². The van der Waals surface area contributed by atoms with Crippen molar-refractivity contribution in [1.29, 1.82) is 0 Å². The zero-order valence-corrected chi connectivity index (χ0v) is 11.4. The van der Waals surface area contributed by atoms with Crippen LogP contribution in [-0.4, -0.2) is 11.9 Å². The fourth-order valence-corrected chi connectivity index (χ4v) is 2.20. The monoisotopic (exact) mass is 241 g/mol. The molecule has 1 aromatic carbocycles. The van der Waals surface area contributed by atoms with Crippen molar-refractivity contribution in [1.82, 2.24) is 4.98 Å². The van der Waals surface area contributed by atoms with Gasteiger partial charge in [0.05, 0.1) is 0 Å². The van der Waals surface area contributed by atoms with Crippen molar-refractivity contribution in [3.8, 4) is 5.75 Å². The van der Waals surface area contributed by atoms with Gasteiger partial charge in [0.2, 0.25) is 0 Å². The van der Waals surface area contributed by atoms with Crippen LogP contribution in [0, 0.1) is 0 Å². The average molecular weight is 241 g/mol. The van der Waals surface area contributed by atoms with E-state index in [1.807, 2.05) is 24.4 Å². The fourth-order valence-electron chi connectivity index (χ4n) is 2.20. The van der Waals surface area contributed by atoms with Crippen LogP contribution in [0.4, 0.5) is 0 Å². The molecule has 2 aromatic rings. The lowest BCUT2D eigenvalue weighted by atomic mass is 9.53. The third-order valence-corrected chi connectivity index (χ3v) is 3.56. The van der Waals surface area contributed by atoms with Crippen molar-refractivity contribution in [2.45, 2.75) is 39.3 Å². The van der Waals surface area contributed by atoms with Crippen molar-refractivity contribution in [3.05, 3.63) is 36.5 Å². The molecular formula is C15H20BNO. The van der Waals surface area contributed by atoms with Crippen molar-refractivity contribution < 1.29 is 4.65 Å². The fraction of sp³-hybridized carbons (Fsp3) is 0.400. The average Bonchev–Trinajstić information content (AvgIpc) is 2.44. The second kappa shape index (κ2) is 5.90. The van der Waals surface area contributed by atoms with Crippen LogP contribution in [0.15, 0.2) is 36.5 Å². The molecule has 1 unspecified atom stereocenters. The van der Waals surface area contributed by atoms with Crippen LogP contribution in [0.5, 0.6) is 5.75 Å². The Bertz CT molecular complexity index is 509. The lowest BCUT2D eigenvalue weighted by molar-refractivity contribution is 0.546. The largest absolute Gasteiger partial charge is 0.559 e. The zero-order chi connectivity index (χ0) is 13.0. The normalized spacial score (nSPS) is 12.4. The van der Waals surface area contributed by atoms with Crippen molar-refractivity contribution >= 4 is 17.8 Å². The molecule has 1 atom stereocenters. The molecule has 0 N–H and O–H groups in total. The van der Waals surface area contributed by atoms with E-state index >= 15 is 0 Å². The quantitative estimate of drug-likeness (QED) is 0.722. The highest BCUT2D eigenvalue weighted by atomic mass is 16.4. The van der Waals surface area contributed by atoms with E-state index in [0.717, 1.165) is 29.4 Å². The molecule has 2 rings (SSSR count). The smallest absolute Gasteiger partial charge is 0.360 e. The van der Waals surface area contributed by atoms with Gasteiger partial charge in [0, 0.05) is 11.6 Å². The van der Waals surface area contributed by atoms with Gasteiger partial charge in [-0.1, -0.05) is 45.4 Å². The third-order valence-electron chi connectivity index (χ3n) is 3.56. The summed E-state index contributed by atoms with van der Waals surface area (Å²) in [5.41, 5.74) is 0.960. The molecule has 0 aliphatic heterocycles. The van der Waals surface area contributed by atoms with E-state index in [9.17, 15) is 0 Å². The van der Waals surface area contributed by atoms with Gasteiger partial charge in [-0.25, -0.2) is 0 Å². The summed E-state index contributed by atoms with van der Waals surface area (Å²) in [5.74, 6) is 1.47. The molecule has 94 valence electrons. The van der Waals surface area contributed by atoms with Gasteiger partial charge in [0.15, 0.2) is 0 Å². The molecule has 0 aliphatic carbocycles. The first kappa shape index (κ1) is 12.9. The third kappa shape index (κ3) is 2.66. The molecule has 0 fully saturated rings. The Hall–Kier alpha value is -1.51. The number of para-hydroxylation sites is 1. The lowest BCUT2D eigenvalue weighted by Crippen LogP contribution is -2.25. The van der Waals surface area contributed by atoms with Crippen LogP contribution in [0.25, 0.3) is 10.9 Å². The first-order valence-corrected chi connectivity index (χ1v) is 6.76. The molecule has 3 heteroatoms. The second-order valence-corrected chi connectivity index (χ2v) is 4.78. The van der Waals surface area contributed by atoms with Gasteiger partial charge in [0.1, 0.15) is 11.3 Å². The Morgan fingerprint density at radius 1 is 1.22 bits per heavy atom. The van der Waals surface area contributed by atoms with Gasteiger partial charge in [-0.2, -0.15) is 0 Å². The molecule has 0 saturated carbocycles. The molecule has 0 spiro atoms. The lowest BCUT2D eigenvalue weighted by Gasteiger charge is -2.20. The summed E-state index contributed by atoms with van der Waals surface area (Å²) in [4.78, 5) is 4.43. The number of pyridine rings is 1. The maximum atomic E-state index is 6.17. The number of nitrogens with zero attached hydrogens (tertiary/aromatic N) is 1. The second-order valence-electron chi connectivity index (χ2n) is 4.78. The molecule has 0 aliphatic rings. The molecule has 0 amide bonds. The number of aromatic nitrogens is 1. The van der Waals surface area contributed by atoms with Crippen LogP contribution in [0.2, 0.25) is 12.1 Å². The van der Waals surface area contributed by atoms with Crippen LogP contribution in [-0.2, 0) is 0 Å². The molecule has 0 radical (unpaired) electrons. The van der Waals surface area contributed by atoms with E-state index in [1.165, 1.54) is 0 Å². The first-order chi connectivity index (χ1) is 8.76. The minimum Gasteiger partial charge on any atom is -0.559 e. The van der Waals surface area contributed by atoms with Gasteiger partial charge in [-0.3, -0.25) is 4.98 Å². The Labute approximate surface area is 109 Å². The summed E-state index contributed by atoms with van der Waals surface area (Å²) >= 11 is 0. The van der Waals surface area contributed by atoms with E-state index in [0.29, 0.717) is 5.82 Å². The molecule has 0 saturated heterocycles. The van der Waals surface area contributed by atoms with Gasteiger partial charge >= 0.3 is 6.92 Å². The molecule has 1 heterocycles.